The van der Waals surface area contributed by atoms with Gasteiger partial charge in [0.1, 0.15) is 5.75 Å². The van der Waals surface area contributed by atoms with Crippen LogP contribution in [0.3, 0.4) is 0 Å². The van der Waals surface area contributed by atoms with Gasteiger partial charge >= 0.3 is 0 Å². The van der Waals surface area contributed by atoms with Crippen molar-refractivity contribution in [2.75, 3.05) is 6.61 Å². The fourth-order valence-electron chi connectivity index (χ4n) is 2.91. The Labute approximate surface area is 171 Å². The van der Waals surface area contributed by atoms with Gasteiger partial charge in [-0.15, -0.1) is 11.8 Å². The lowest BCUT2D eigenvalue weighted by Crippen LogP contribution is -2.26. The molecule has 0 fully saturated rings. The summed E-state index contributed by atoms with van der Waals surface area (Å²) in [6, 6.07) is 25.8. The lowest BCUT2D eigenvalue weighted by Gasteiger charge is -2.16. The topological polar surface area (TPSA) is 38.3 Å². The molecule has 0 heterocycles. The lowest BCUT2D eigenvalue weighted by atomic mass is 10.1. The van der Waals surface area contributed by atoms with Gasteiger partial charge in [0.05, 0.1) is 12.6 Å². The quantitative estimate of drug-likeness (QED) is 0.488. The first-order valence-electron chi connectivity index (χ1n) is 9.46. The highest BCUT2D eigenvalue weighted by Gasteiger charge is 2.14. The average Bonchev–Trinajstić information content (AvgIpc) is 2.74. The van der Waals surface area contributed by atoms with Gasteiger partial charge in [0, 0.05) is 21.8 Å². The molecular formula is C24H25NO2S. The van der Waals surface area contributed by atoms with Gasteiger partial charge in [-0.1, -0.05) is 48.5 Å². The standard InChI is InChI=1S/C24H25NO2S/c1-3-27-23-15-14-20(16-21(23)17-28-22-12-8-5-9-13-22)24(26)25-18(2)19-10-6-4-7-11-19/h4-16,18H,3,17H2,1-2H3,(H,25,26)/t18-/m0/s1. The molecule has 144 valence electrons. The summed E-state index contributed by atoms with van der Waals surface area (Å²) < 4.78 is 5.77. The van der Waals surface area contributed by atoms with Crippen LogP contribution < -0.4 is 10.1 Å². The molecule has 3 aromatic carbocycles. The zero-order valence-corrected chi connectivity index (χ0v) is 17.0. The molecule has 0 saturated heterocycles. The van der Waals surface area contributed by atoms with Crippen LogP contribution in [0.25, 0.3) is 0 Å². The monoisotopic (exact) mass is 391 g/mol. The van der Waals surface area contributed by atoms with Crippen molar-refractivity contribution in [2.45, 2.75) is 30.5 Å². The van der Waals surface area contributed by atoms with Crippen LogP contribution >= 0.6 is 11.8 Å². The Kier molecular flexibility index (Phi) is 7.15. The summed E-state index contributed by atoms with van der Waals surface area (Å²) in [6.07, 6.45) is 0. The molecule has 0 radical (unpaired) electrons. The van der Waals surface area contributed by atoms with E-state index in [1.54, 1.807) is 11.8 Å². The first-order valence-corrected chi connectivity index (χ1v) is 10.5. The maximum atomic E-state index is 12.8. The number of carbonyl (C=O) groups excluding carboxylic acids is 1. The third-order valence-corrected chi connectivity index (χ3v) is 5.47. The Hall–Kier alpha value is -2.72. The molecular weight excluding hydrogens is 366 g/mol. The Morgan fingerprint density at radius 1 is 1.00 bits per heavy atom. The first kappa shape index (κ1) is 20.0. The van der Waals surface area contributed by atoms with E-state index in [0.29, 0.717) is 12.2 Å². The van der Waals surface area contributed by atoms with Gasteiger partial charge in [-0.3, -0.25) is 4.79 Å². The highest BCUT2D eigenvalue weighted by atomic mass is 32.2. The molecule has 0 bridgehead atoms. The number of carbonyl (C=O) groups is 1. The molecule has 0 saturated carbocycles. The highest BCUT2D eigenvalue weighted by molar-refractivity contribution is 7.98. The molecule has 0 aliphatic heterocycles. The zero-order chi connectivity index (χ0) is 19.8. The summed E-state index contributed by atoms with van der Waals surface area (Å²) in [7, 11) is 0. The van der Waals surface area contributed by atoms with Crippen molar-refractivity contribution in [3.63, 3.8) is 0 Å². The summed E-state index contributed by atoms with van der Waals surface area (Å²) in [5, 5.41) is 3.08. The van der Waals surface area contributed by atoms with Crippen molar-refractivity contribution in [3.05, 3.63) is 95.6 Å². The summed E-state index contributed by atoms with van der Waals surface area (Å²) in [5.74, 6) is 1.50. The maximum absolute atomic E-state index is 12.8. The number of benzene rings is 3. The first-order chi connectivity index (χ1) is 13.7. The van der Waals surface area contributed by atoms with E-state index in [0.717, 1.165) is 22.6 Å². The molecule has 3 rings (SSSR count). The number of rotatable bonds is 8. The molecule has 0 aliphatic carbocycles. The van der Waals surface area contributed by atoms with Crippen molar-refractivity contribution in [2.24, 2.45) is 0 Å². The van der Waals surface area contributed by atoms with E-state index in [1.807, 2.05) is 80.6 Å². The molecule has 3 aromatic rings. The third-order valence-electron chi connectivity index (χ3n) is 4.41. The number of ether oxygens (including phenoxy) is 1. The summed E-state index contributed by atoms with van der Waals surface area (Å²) in [6.45, 7) is 4.56. The van der Waals surface area contributed by atoms with Crippen molar-refractivity contribution in [3.8, 4) is 5.75 Å². The van der Waals surface area contributed by atoms with Gasteiger partial charge in [-0.05, 0) is 49.7 Å². The Morgan fingerprint density at radius 2 is 1.68 bits per heavy atom. The fraction of sp³-hybridized carbons (Fsp3) is 0.208. The molecule has 1 N–H and O–H groups in total. The van der Waals surface area contributed by atoms with Gasteiger partial charge in [-0.25, -0.2) is 0 Å². The molecule has 0 aliphatic rings. The van der Waals surface area contributed by atoms with Crippen LogP contribution in [0.1, 0.15) is 41.4 Å². The van der Waals surface area contributed by atoms with Crippen LogP contribution in [0.2, 0.25) is 0 Å². The van der Waals surface area contributed by atoms with Crippen molar-refractivity contribution < 1.29 is 9.53 Å². The molecule has 0 spiro atoms. The summed E-state index contributed by atoms with van der Waals surface area (Å²) in [4.78, 5) is 14.0. The van der Waals surface area contributed by atoms with E-state index in [2.05, 4.69) is 17.4 Å². The second-order valence-electron chi connectivity index (χ2n) is 6.46. The van der Waals surface area contributed by atoms with E-state index in [1.165, 1.54) is 4.90 Å². The minimum Gasteiger partial charge on any atom is -0.494 e. The maximum Gasteiger partial charge on any atom is 0.251 e. The van der Waals surface area contributed by atoms with Crippen LogP contribution in [0.5, 0.6) is 5.75 Å². The molecule has 0 unspecified atom stereocenters. The van der Waals surface area contributed by atoms with E-state index in [9.17, 15) is 4.79 Å². The van der Waals surface area contributed by atoms with Gasteiger partial charge in [-0.2, -0.15) is 0 Å². The SMILES string of the molecule is CCOc1ccc(C(=O)N[C@@H](C)c2ccccc2)cc1CSc1ccccc1. The van der Waals surface area contributed by atoms with Crippen LogP contribution in [0.15, 0.2) is 83.8 Å². The molecule has 28 heavy (non-hydrogen) atoms. The minimum absolute atomic E-state index is 0.0533. The van der Waals surface area contributed by atoms with Gasteiger partial charge in [0.2, 0.25) is 0 Å². The Bertz CT molecular complexity index is 897. The van der Waals surface area contributed by atoms with E-state index in [-0.39, 0.29) is 11.9 Å². The van der Waals surface area contributed by atoms with E-state index < -0.39 is 0 Å². The second-order valence-corrected chi connectivity index (χ2v) is 7.51. The van der Waals surface area contributed by atoms with Crippen LogP contribution in [-0.2, 0) is 5.75 Å². The minimum atomic E-state index is -0.0784. The molecule has 1 amide bonds. The van der Waals surface area contributed by atoms with E-state index in [4.69, 9.17) is 4.74 Å². The largest absolute Gasteiger partial charge is 0.494 e. The number of hydrogen-bond donors (Lipinski definition) is 1. The van der Waals surface area contributed by atoms with Gasteiger partial charge in [0.15, 0.2) is 0 Å². The van der Waals surface area contributed by atoms with Crippen LogP contribution in [-0.4, -0.2) is 12.5 Å². The number of amides is 1. The normalized spacial score (nSPS) is 11.6. The molecule has 3 nitrogen and oxygen atoms in total. The van der Waals surface area contributed by atoms with Gasteiger partial charge < -0.3 is 10.1 Å². The zero-order valence-electron chi connectivity index (χ0n) is 16.2. The summed E-state index contributed by atoms with van der Waals surface area (Å²) in [5.41, 5.74) is 2.76. The highest BCUT2D eigenvalue weighted by Crippen LogP contribution is 2.29. The molecule has 1 atom stereocenters. The number of hydrogen-bond acceptors (Lipinski definition) is 3. The Morgan fingerprint density at radius 3 is 2.36 bits per heavy atom. The number of nitrogens with one attached hydrogen (secondary N) is 1. The molecule has 0 aromatic heterocycles. The average molecular weight is 392 g/mol. The predicted molar refractivity (Wildman–Crippen MR) is 116 cm³/mol. The third kappa shape index (κ3) is 5.40. The van der Waals surface area contributed by atoms with Gasteiger partial charge in [0.25, 0.3) is 5.91 Å². The molecule has 4 heteroatoms. The lowest BCUT2D eigenvalue weighted by molar-refractivity contribution is 0.0939. The Balaban J connectivity index is 1.74. The smallest absolute Gasteiger partial charge is 0.251 e. The van der Waals surface area contributed by atoms with Crippen LogP contribution in [0.4, 0.5) is 0 Å². The second kappa shape index (κ2) is 10.00. The van der Waals surface area contributed by atoms with Crippen LogP contribution in [0, 0.1) is 0 Å². The summed E-state index contributed by atoms with van der Waals surface area (Å²) >= 11 is 1.73. The van der Waals surface area contributed by atoms with E-state index >= 15 is 0 Å². The van der Waals surface area contributed by atoms with Crippen molar-refractivity contribution >= 4 is 17.7 Å². The predicted octanol–water partition coefficient (Wildman–Crippen LogP) is 5.87. The fourth-order valence-corrected chi connectivity index (χ4v) is 3.81. The number of thioether (sulfide) groups is 1. The van der Waals surface area contributed by atoms with Crippen molar-refractivity contribution in [1.29, 1.82) is 0 Å². The van der Waals surface area contributed by atoms with Crippen molar-refractivity contribution in [1.82, 2.24) is 5.32 Å².